The van der Waals surface area contributed by atoms with Crippen LogP contribution < -0.4 is 4.52 Å². The van der Waals surface area contributed by atoms with Crippen LogP contribution in [0.25, 0.3) is 10.9 Å². The number of para-hydroxylation sites is 1. The Labute approximate surface area is 332 Å². The fraction of sp³-hybridized carbons (Fsp3) is 0.293. The van der Waals surface area contributed by atoms with Gasteiger partial charge in [-0.3, -0.25) is 33.3 Å². The van der Waals surface area contributed by atoms with E-state index >= 15 is 0 Å². The third-order valence-corrected chi connectivity index (χ3v) is 12.7. The van der Waals surface area contributed by atoms with Gasteiger partial charge in [-0.05, 0) is 59.7 Å². The van der Waals surface area contributed by atoms with Crippen molar-refractivity contribution in [2.24, 2.45) is 5.92 Å². The van der Waals surface area contributed by atoms with Crippen LogP contribution in [0.2, 0.25) is 0 Å². The van der Waals surface area contributed by atoms with E-state index in [-0.39, 0.29) is 68.4 Å². The van der Waals surface area contributed by atoms with Crippen LogP contribution in [0.4, 0.5) is 0 Å². The monoisotopic (exact) mass is 815 g/mol. The lowest BCUT2D eigenvalue weighted by molar-refractivity contribution is -0.205. The average molecular weight is 816 g/mol. The molecule has 3 atom stereocenters. The van der Waals surface area contributed by atoms with Gasteiger partial charge in [-0.1, -0.05) is 96.6 Å². The minimum absolute atomic E-state index is 0.0270. The van der Waals surface area contributed by atoms with Crippen molar-refractivity contribution < 1.29 is 42.4 Å². The molecule has 2 saturated heterocycles. The fourth-order valence-corrected chi connectivity index (χ4v) is 9.68. The highest BCUT2D eigenvalue weighted by atomic mass is 32.3. The summed E-state index contributed by atoms with van der Waals surface area (Å²) in [6.07, 6.45) is 9.20. The molecule has 3 heterocycles. The van der Waals surface area contributed by atoms with Crippen molar-refractivity contribution in [3.8, 4) is 5.75 Å². The molecule has 16 heteroatoms. The van der Waals surface area contributed by atoms with E-state index in [2.05, 4.69) is 6.58 Å². The molecular formula is C41H46N5O9PS. The van der Waals surface area contributed by atoms with E-state index in [0.29, 0.717) is 34.4 Å². The van der Waals surface area contributed by atoms with Crippen LogP contribution in [0.1, 0.15) is 36.5 Å². The number of hydrogen-bond donors (Lipinski definition) is 4. The maximum atomic E-state index is 14.8. The first-order valence-corrected chi connectivity index (χ1v) is 21.7. The maximum Gasteiger partial charge on any atom is 0.524 e. The maximum absolute atomic E-state index is 14.8. The normalized spacial score (nSPS) is 20.8. The molecule has 4 N–H and O–H groups in total. The highest BCUT2D eigenvalue weighted by molar-refractivity contribution is 8.26. The second kappa shape index (κ2) is 16.5. The van der Waals surface area contributed by atoms with Gasteiger partial charge in [0.25, 0.3) is 0 Å². The molecule has 7 rings (SSSR count). The number of hydrazine groups is 1. The number of aromatic nitrogens is 1. The zero-order valence-corrected chi connectivity index (χ0v) is 33.1. The molecule has 300 valence electrons. The number of phosphoric ester groups is 1. The number of nitrogens with zero attached hydrogens (tertiary/aromatic N) is 5. The zero-order chi connectivity index (χ0) is 40.5. The van der Waals surface area contributed by atoms with Gasteiger partial charge in [0.2, 0.25) is 17.7 Å². The quantitative estimate of drug-likeness (QED) is 0.0913. The van der Waals surface area contributed by atoms with E-state index in [1.807, 2.05) is 67.6 Å². The van der Waals surface area contributed by atoms with Gasteiger partial charge in [-0.25, -0.2) is 18.6 Å². The van der Waals surface area contributed by atoms with Crippen LogP contribution in [0.15, 0.2) is 121 Å². The fourth-order valence-electron chi connectivity index (χ4n) is 7.77. The summed E-state index contributed by atoms with van der Waals surface area (Å²) in [7, 11) is -8.30. The molecular weight excluding hydrogens is 770 g/mol. The minimum atomic E-state index is -4.81. The first kappa shape index (κ1) is 40.2. The van der Waals surface area contributed by atoms with E-state index < -0.39 is 30.8 Å². The number of phosphoric acid groups is 1. The van der Waals surface area contributed by atoms with Crippen molar-refractivity contribution in [1.29, 1.82) is 0 Å². The zero-order valence-electron chi connectivity index (χ0n) is 31.4. The van der Waals surface area contributed by atoms with Gasteiger partial charge < -0.3 is 14.3 Å². The highest BCUT2D eigenvalue weighted by Crippen LogP contribution is 2.53. The van der Waals surface area contributed by atoms with Crippen LogP contribution in [0, 0.1) is 5.92 Å². The van der Waals surface area contributed by atoms with Crippen molar-refractivity contribution in [3.63, 3.8) is 0 Å². The number of piperazine rings is 1. The summed E-state index contributed by atoms with van der Waals surface area (Å²) in [4.78, 5) is 65.3. The van der Waals surface area contributed by atoms with Crippen LogP contribution in [-0.2, 0) is 38.3 Å². The second-order valence-electron chi connectivity index (χ2n) is 14.5. The highest BCUT2D eigenvalue weighted by Gasteiger charge is 2.51. The predicted octanol–water partition coefficient (Wildman–Crippen LogP) is 6.09. The van der Waals surface area contributed by atoms with Crippen LogP contribution in [-0.4, -0.2) is 92.2 Å². The number of rotatable bonds is 13. The van der Waals surface area contributed by atoms with E-state index in [1.165, 1.54) is 21.0 Å². The molecule has 3 aliphatic rings. The Morgan fingerprint density at radius 2 is 1.75 bits per heavy atom. The first-order valence-electron chi connectivity index (χ1n) is 18.7. The number of aryl methyl sites for hydroxylation is 1. The Morgan fingerprint density at radius 1 is 1.00 bits per heavy atom. The summed E-state index contributed by atoms with van der Waals surface area (Å²) in [5.41, 5.74) is 2.74. The van der Waals surface area contributed by atoms with Gasteiger partial charge >= 0.3 is 7.82 Å². The number of fused-ring (bicyclic) bond motifs is 2. The van der Waals surface area contributed by atoms with Gasteiger partial charge in [0.05, 0.1) is 23.5 Å². The summed E-state index contributed by atoms with van der Waals surface area (Å²) in [6.45, 7) is 5.96. The van der Waals surface area contributed by atoms with Gasteiger partial charge in [-0.15, -0.1) is 6.58 Å². The van der Waals surface area contributed by atoms with Crippen molar-refractivity contribution in [2.45, 2.75) is 51.4 Å². The van der Waals surface area contributed by atoms with E-state index in [9.17, 15) is 37.8 Å². The molecule has 0 bridgehead atoms. The number of carbonyl (C=O) groups is 3. The summed E-state index contributed by atoms with van der Waals surface area (Å²) in [6, 6.07) is 21.8. The summed E-state index contributed by atoms with van der Waals surface area (Å²) >= 11 is 0. The van der Waals surface area contributed by atoms with Crippen LogP contribution >= 0.6 is 18.6 Å². The average Bonchev–Trinajstić information content (AvgIpc) is 3.63. The van der Waals surface area contributed by atoms with Gasteiger partial charge in [-0.2, -0.15) is 0 Å². The Hall–Kier alpha value is -4.99. The molecule has 0 radical (unpaired) electrons. The standard InChI is InChI=1S/C41H46N5O9PS/c1-3-23-43-28-39(48)45-36(25-31-14-17-34(18-15-31)55-56(50,51)52)41(49)42(27-37(45)46(43)38(47)21-16-30-8-5-4-6-9-30)26-33-11-7-10-32-22-24-44(40(32)33)57(53,54)35-19-12-29(2)13-20-35/h3-12,14-15,17-20,22,24,29,36-37,53-54H,1,13,16,21,23,25-28H2,2H3,(H2,50,51,52)/t29?,36-,37-/m0/s1. The van der Waals surface area contributed by atoms with Crippen LogP contribution in [0.3, 0.4) is 0 Å². The van der Waals surface area contributed by atoms with E-state index in [1.54, 1.807) is 51.5 Å². The molecule has 2 aliphatic heterocycles. The van der Waals surface area contributed by atoms with Gasteiger partial charge in [0.15, 0.2) is 0 Å². The molecule has 14 nitrogen and oxygen atoms in total. The number of carbonyl (C=O) groups excluding carboxylic acids is 3. The molecule has 0 saturated carbocycles. The molecule has 4 aromatic rings. The van der Waals surface area contributed by atoms with Crippen molar-refractivity contribution in [3.05, 3.63) is 138 Å². The van der Waals surface area contributed by atoms with Gasteiger partial charge in [0.1, 0.15) is 18.0 Å². The molecule has 3 amide bonds. The SMILES string of the molecule is C=CCN1CC(=O)N2[C@@H](Cc3ccc(OP(=O)(O)O)cc3)C(=O)N(Cc3cccc4ccn(S(O)(O)C5=CCC(C)C=C5)c34)C[C@@H]2N1C(=O)CCc1ccccc1. The molecule has 57 heavy (non-hydrogen) atoms. The van der Waals surface area contributed by atoms with Crippen molar-refractivity contribution >= 4 is 47.2 Å². The van der Waals surface area contributed by atoms with Crippen LogP contribution in [0.5, 0.6) is 5.75 Å². The Kier molecular flexibility index (Phi) is 11.6. The summed E-state index contributed by atoms with van der Waals surface area (Å²) < 4.78 is 41.0. The third kappa shape index (κ3) is 8.65. The Balaban J connectivity index is 1.27. The second-order valence-corrected chi connectivity index (χ2v) is 17.6. The molecule has 0 spiro atoms. The number of amides is 3. The molecule has 3 aromatic carbocycles. The lowest BCUT2D eigenvalue weighted by Crippen LogP contribution is -2.75. The third-order valence-electron chi connectivity index (χ3n) is 10.5. The van der Waals surface area contributed by atoms with E-state index in [0.717, 1.165) is 10.9 Å². The van der Waals surface area contributed by atoms with Gasteiger partial charge in [0, 0.05) is 37.5 Å². The predicted molar refractivity (Wildman–Crippen MR) is 217 cm³/mol. The van der Waals surface area contributed by atoms with Crippen molar-refractivity contribution in [1.82, 2.24) is 23.8 Å². The lowest BCUT2D eigenvalue weighted by atomic mass is 9.97. The first-order chi connectivity index (χ1) is 27.2. The van der Waals surface area contributed by atoms with E-state index in [4.69, 9.17) is 4.52 Å². The molecule has 1 unspecified atom stereocenters. The number of hydrogen-bond acceptors (Lipinski definition) is 8. The molecule has 1 aliphatic carbocycles. The largest absolute Gasteiger partial charge is 0.524 e. The molecule has 2 fully saturated rings. The molecule has 1 aromatic heterocycles. The Morgan fingerprint density at radius 3 is 2.44 bits per heavy atom. The number of benzene rings is 3. The van der Waals surface area contributed by atoms with Crippen molar-refractivity contribution in [2.75, 3.05) is 19.6 Å². The number of allylic oxidation sites excluding steroid dienone is 3. The summed E-state index contributed by atoms with van der Waals surface area (Å²) in [5.74, 6) is -0.757. The lowest BCUT2D eigenvalue weighted by Gasteiger charge is -2.55. The Bertz CT molecular complexity index is 2270. The minimum Gasteiger partial charge on any atom is -0.404 e. The smallest absolute Gasteiger partial charge is 0.404 e. The summed E-state index contributed by atoms with van der Waals surface area (Å²) in [5, 5.41) is 3.98. The topological polar surface area (TPSA) is 176 Å².